The van der Waals surface area contributed by atoms with Crippen LogP contribution in [0.25, 0.3) is 0 Å². The maximum atomic E-state index is 6.14. The van der Waals surface area contributed by atoms with E-state index >= 15 is 0 Å². The Morgan fingerprint density at radius 3 is 2.53 bits per heavy atom. The molecule has 0 amide bonds. The van der Waals surface area contributed by atoms with Crippen molar-refractivity contribution in [1.82, 2.24) is 5.32 Å². The van der Waals surface area contributed by atoms with Gasteiger partial charge in [0.2, 0.25) is 0 Å². The van der Waals surface area contributed by atoms with E-state index in [9.17, 15) is 0 Å². The number of unbranched alkanes of at least 4 members (excludes halogenated alkanes) is 2. The van der Waals surface area contributed by atoms with Gasteiger partial charge in [-0.1, -0.05) is 43.0 Å². The smallest absolute Gasteiger partial charge is 0.142 e. The third-order valence-corrected chi connectivity index (χ3v) is 3.15. The molecule has 2 nitrogen and oxygen atoms in total. The highest BCUT2D eigenvalue weighted by atomic mass is 35.5. The summed E-state index contributed by atoms with van der Waals surface area (Å²) in [6.07, 6.45) is 3.67. The SMILES string of the molecule is CCCCCNCc1cc(Cl)cc(Cl)c1OCC.Cl. The molecular weight excluding hydrogens is 305 g/mol. The van der Waals surface area contributed by atoms with Gasteiger partial charge in [0.15, 0.2) is 0 Å². The first-order chi connectivity index (χ1) is 8.69. The van der Waals surface area contributed by atoms with Gasteiger partial charge in [0.1, 0.15) is 5.75 Å². The molecule has 1 rings (SSSR count). The summed E-state index contributed by atoms with van der Waals surface area (Å²) in [5, 5.41) is 4.62. The van der Waals surface area contributed by atoms with E-state index in [0.29, 0.717) is 16.7 Å². The topological polar surface area (TPSA) is 21.3 Å². The maximum absolute atomic E-state index is 6.14. The van der Waals surface area contributed by atoms with E-state index in [1.807, 2.05) is 13.0 Å². The van der Waals surface area contributed by atoms with Crippen LogP contribution >= 0.6 is 35.6 Å². The molecule has 0 aliphatic rings. The van der Waals surface area contributed by atoms with Crippen molar-refractivity contribution in [3.8, 4) is 5.75 Å². The zero-order chi connectivity index (χ0) is 13.4. The summed E-state index contributed by atoms with van der Waals surface area (Å²) in [7, 11) is 0. The van der Waals surface area contributed by atoms with Crippen molar-refractivity contribution in [3.63, 3.8) is 0 Å². The molecule has 0 bridgehead atoms. The zero-order valence-electron chi connectivity index (χ0n) is 11.5. The van der Waals surface area contributed by atoms with Gasteiger partial charge in [-0.05, 0) is 32.0 Å². The molecule has 0 spiro atoms. The number of hydrogen-bond donors (Lipinski definition) is 1. The minimum atomic E-state index is 0. The number of hydrogen-bond acceptors (Lipinski definition) is 2. The van der Waals surface area contributed by atoms with Crippen LogP contribution in [0.5, 0.6) is 5.75 Å². The molecule has 0 aliphatic heterocycles. The molecule has 19 heavy (non-hydrogen) atoms. The summed E-state index contributed by atoms with van der Waals surface area (Å²) in [6.45, 7) is 6.49. The lowest BCUT2D eigenvalue weighted by atomic mass is 10.2. The first-order valence-corrected chi connectivity index (χ1v) is 7.26. The van der Waals surface area contributed by atoms with Gasteiger partial charge < -0.3 is 10.1 Å². The molecule has 5 heteroatoms. The van der Waals surface area contributed by atoms with Gasteiger partial charge in [0, 0.05) is 17.1 Å². The number of rotatable bonds is 8. The summed E-state index contributed by atoms with van der Waals surface area (Å²) in [6, 6.07) is 3.62. The van der Waals surface area contributed by atoms with Crippen LogP contribution in [-0.4, -0.2) is 13.2 Å². The standard InChI is InChI=1S/C14H21Cl2NO.ClH/c1-3-5-6-7-17-10-11-8-12(15)9-13(16)14(11)18-4-2;/h8-9,17H,3-7,10H2,1-2H3;1H. The number of benzene rings is 1. The lowest BCUT2D eigenvalue weighted by Crippen LogP contribution is -2.15. The molecule has 0 aliphatic carbocycles. The van der Waals surface area contributed by atoms with Gasteiger partial charge in [0.25, 0.3) is 0 Å². The van der Waals surface area contributed by atoms with Gasteiger partial charge >= 0.3 is 0 Å². The highest BCUT2D eigenvalue weighted by Crippen LogP contribution is 2.32. The van der Waals surface area contributed by atoms with E-state index in [1.165, 1.54) is 19.3 Å². The van der Waals surface area contributed by atoms with E-state index in [0.717, 1.165) is 24.4 Å². The summed E-state index contributed by atoms with van der Waals surface area (Å²) in [5.41, 5.74) is 1.02. The van der Waals surface area contributed by atoms with Crippen molar-refractivity contribution in [2.75, 3.05) is 13.2 Å². The fraction of sp³-hybridized carbons (Fsp3) is 0.571. The van der Waals surface area contributed by atoms with Crippen LogP contribution in [-0.2, 0) is 6.54 Å². The number of halogens is 3. The number of nitrogens with one attached hydrogen (secondary N) is 1. The second-order valence-electron chi connectivity index (χ2n) is 4.19. The van der Waals surface area contributed by atoms with Crippen LogP contribution in [0.4, 0.5) is 0 Å². The van der Waals surface area contributed by atoms with Crippen LogP contribution in [0.15, 0.2) is 12.1 Å². The minimum Gasteiger partial charge on any atom is -0.492 e. The van der Waals surface area contributed by atoms with Gasteiger partial charge in [-0.2, -0.15) is 0 Å². The highest BCUT2D eigenvalue weighted by Gasteiger charge is 2.09. The Labute approximate surface area is 132 Å². The zero-order valence-corrected chi connectivity index (χ0v) is 13.8. The van der Waals surface area contributed by atoms with Gasteiger partial charge in [-0.15, -0.1) is 12.4 Å². The average molecular weight is 327 g/mol. The molecule has 0 saturated heterocycles. The Balaban J connectivity index is 0.00000324. The normalized spacial score (nSPS) is 10.1. The molecule has 0 aromatic heterocycles. The van der Waals surface area contributed by atoms with E-state index in [-0.39, 0.29) is 12.4 Å². The van der Waals surface area contributed by atoms with Crippen LogP contribution < -0.4 is 10.1 Å². The lowest BCUT2D eigenvalue weighted by molar-refractivity contribution is 0.335. The Hall–Kier alpha value is -0.150. The largest absolute Gasteiger partial charge is 0.492 e. The van der Waals surface area contributed by atoms with Crippen LogP contribution in [0.1, 0.15) is 38.7 Å². The van der Waals surface area contributed by atoms with Crippen molar-refractivity contribution in [2.24, 2.45) is 0 Å². The summed E-state index contributed by atoms with van der Waals surface area (Å²) in [4.78, 5) is 0. The van der Waals surface area contributed by atoms with Gasteiger partial charge in [-0.3, -0.25) is 0 Å². The molecule has 0 saturated carbocycles. The van der Waals surface area contributed by atoms with Crippen LogP contribution in [0.2, 0.25) is 10.0 Å². The van der Waals surface area contributed by atoms with Crippen LogP contribution in [0, 0.1) is 0 Å². The van der Waals surface area contributed by atoms with Crippen molar-refractivity contribution in [3.05, 3.63) is 27.7 Å². The van der Waals surface area contributed by atoms with Gasteiger partial charge in [-0.25, -0.2) is 0 Å². The molecule has 0 atom stereocenters. The fourth-order valence-corrected chi connectivity index (χ4v) is 2.36. The quantitative estimate of drug-likeness (QED) is 0.672. The molecule has 0 fully saturated rings. The Morgan fingerprint density at radius 2 is 1.89 bits per heavy atom. The average Bonchev–Trinajstić information content (AvgIpc) is 2.33. The summed E-state index contributed by atoms with van der Waals surface area (Å²) in [5.74, 6) is 0.742. The van der Waals surface area contributed by atoms with Crippen molar-refractivity contribution in [2.45, 2.75) is 39.7 Å². The number of ether oxygens (including phenoxy) is 1. The Bertz CT molecular complexity index is 372. The molecule has 0 unspecified atom stereocenters. The molecular formula is C14H22Cl3NO. The summed E-state index contributed by atoms with van der Waals surface area (Å²) < 4.78 is 5.57. The second-order valence-corrected chi connectivity index (χ2v) is 5.04. The minimum absolute atomic E-state index is 0. The molecule has 1 N–H and O–H groups in total. The van der Waals surface area contributed by atoms with Crippen molar-refractivity contribution >= 4 is 35.6 Å². The van der Waals surface area contributed by atoms with E-state index in [1.54, 1.807) is 6.07 Å². The first-order valence-electron chi connectivity index (χ1n) is 6.50. The molecule has 1 aromatic carbocycles. The Kier molecular flexibility index (Phi) is 10.5. The van der Waals surface area contributed by atoms with Crippen molar-refractivity contribution < 1.29 is 4.74 Å². The van der Waals surface area contributed by atoms with E-state index in [2.05, 4.69) is 12.2 Å². The third kappa shape index (κ3) is 6.71. The van der Waals surface area contributed by atoms with Crippen LogP contribution in [0.3, 0.4) is 0 Å². The fourth-order valence-electron chi connectivity index (χ4n) is 1.77. The second kappa shape index (κ2) is 10.6. The lowest BCUT2D eigenvalue weighted by Gasteiger charge is -2.13. The van der Waals surface area contributed by atoms with E-state index < -0.39 is 0 Å². The summed E-state index contributed by atoms with van der Waals surface area (Å²) >= 11 is 12.2. The highest BCUT2D eigenvalue weighted by molar-refractivity contribution is 6.35. The van der Waals surface area contributed by atoms with Crippen molar-refractivity contribution in [1.29, 1.82) is 0 Å². The third-order valence-electron chi connectivity index (χ3n) is 2.65. The molecule has 110 valence electrons. The molecule has 0 heterocycles. The first kappa shape index (κ1) is 18.9. The molecule has 0 radical (unpaired) electrons. The predicted molar refractivity (Wildman–Crippen MR) is 86.1 cm³/mol. The van der Waals surface area contributed by atoms with Gasteiger partial charge in [0.05, 0.1) is 11.6 Å². The molecule has 1 aromatic rings. The predicted octanol–water partition coefficient (Wildman–Crippen LogP) is 5.09. The van der Waals surface area contributed by atoms with E-state index in [4.69, 9.17) is 27.9 Å². The monoisotopic (exact) mass is 325 g/mol. The Morgan fingerprint density at radius 1 is 1.16 bits per heavy atom. The maximum Gasteiger partial charge on any atom is 0.142 e.